The number of rotatable bonds is 8. The molecule has 2 N–H and O–H groups in total. The maximum absolute atomic E-state index is 9.29. The zero-order chi connectivity index (χ0) is 17.5. The largest absolute Gasteiger partial charge is 0.472 e. The van der Waals surface area contributed by atoms with E-state index in [0.717, 1.165) is 18.6 Å². The molecular formula is C18H22ClN3O3. The van der Waals surface area contributed by atoms with Gasteiger partial charge in [0.25, 0.3) is 0 Å². The number of anilines is 1. The molecule has 6 nitrogen and oxygen atoms in total. The van der Waals surface area contributed by atoms with E-state index in [1.165, 1.54) is 0 Å². The molecule has 134 valence electrons. The lowest BCUT2D eigenvalue weighted by molar-refractivity contribution is 0.133. The van der Waals surface area contributed by atoms with Gasteiger partial charge in [-0.3, -0.25) is 4.98 Å². The molecule has 0 spiro atoms. The summed E-state index contributed by atoms with van der Waals surface area (Å²) in [4.78, 5) is 8.60. The molecule has 1 unspecified atom stereocenters. The Morgan fingerprint density at radius 1 is 1.36 bits per heavy atom. The number of benzene rings is 1. The van der Waals surface area contributed by atoms with Crippen molar-refractivity contribution < 1.29 is 14.6 Å². The number of ether oxygens (including phenoxy) is 2. The Balaban J connectivity index is 1.57. The van der Waals surface area contributed by atoms with Gasteiger partial charge in [-0.2, -0.15) is 4.98 Å². The molecule has 2 aromatic rings. The van der Waals surface area contributed by atoms with Gasteiger partial charge in [0.15, 0.2) is 0 Å². The van der Waals surface area contributed by atoms with Gasteiger partial charge in [0.1, 0.15) is 12.4 Å². The summed E-state index contributed by atoms with van der Waals surface area (Å²) in [5.41, 5.74) is 0.923. The summed E-state index contributed by atoms with van der Waals surface area (Å²) >= 11 is 5.97. The summed E-state index contributed by atoms with van der Waals surface area (Å²) in [5, 5.41) is 13.3. The van der Waals surface area contributed by atoms with Gasteiger partial charge in [-0.25, -0.2) is 0 Å². The van der Waals surface area contributed by atoms with E-state index in [2.05, 4.69) is 15.3 Å². The highest BCUT2D eigenvalue weighted by molar-refractivity contribution is 6.30. The number of nitrogens with one attached hydrogen (secondary N) is 1. The average molecular weight is 364 g/mol. The number of aromatic nitrogens is 2. The van der Waals surface area contributed by atoms with Gasteiger partial charge in [0.2, 0.25) is 5.88 Å². The van der Waals surface area contributed by atoms with Gasteiger partial charge in [0, 0.05) is 30.2 Å². The first kappa shape index (κ1) is 17.9. The molecule has 1 aromatic heterocycles. The molecule has 25 heavy (non-hydrogen) atoms. The van der Waals surface area contributed by atoms with Crippen LogP contribution in [-0.2, 0) is 11.3 Å². The van der Waals surface area contributed by atoms with Crippen molar-refractivity contribution in [1.82, 2.24) is 9.97 Å². The van der Waals surface area contributed by atoms with Crippen LogP contribution in [0.2, 0.25) is 5.02 Å². The molecule has 1 aliphatic heterocycles. The Morgan fingerprint density at radius 3 is 3.04 bits per heavy atom. The Labute approximate surface area is 152 Å². The Bertz CT molecular complexity index is 693. The van der Waals surface area contributed by atoms with E-state index in [1.54, 1.807) is 12.4 Å². The number of nitrogens with zero attached hydrogens (tertiary/aromatic N) is 2. The summed E-state index contributed by atoms with van der Waals surface area (Å²) in [5.74, 6) is 1.09. The maximum atomic E-state index is 9.29. The normalized spacial score (nSPS) is 19.8. The van der Waals surface area contributed by atoms with Crippen molar-refractivity contribution >= 4 is 17.4 Å². The van der Waals surface area contributed by atoms with Crippen molar-refractivity contribution in [1.29, 1.82) is 0 Å². The molecule has 0 amide bonds. The first-order valence-electron chi connectivity index (χ1n) is 8.31. The zero-order valence-electron chi connectivity index (χ0n) is 13.9. The third-order valence-electron chi connectivity index (χ3n) is 4.36. The van der Waals surface area contributed by atoms with E-state index >= 15 is 0 Å². The van der Waals surface area contributed by atoms with Gasteiger partial charge in [0.05, 0.1) is 19.0 Å². The van der Waals surface area contributed by atoms with Crippen LogP contribution in [0.5, 0.6) is 5.88 Å². The summed E-state index contributed by atoms with van der Waals surface area (Å²) in [6, 6.07) is 7.51. The minimum atomic E-state index is -0.0475. The Kier molecular flexibility index (Phi) is 6.07. The van der Waals surface area contributed by atoms with Crippen molar-refractivity contribution in [2.45, 2.75) is 19.4 Å². The standard InChI is InChI=1S/C18H22ClN3O3/c19-15-3-1-2-14(8-15)11-25-17-10-20-9-16(22-17)21-12-18(4-6-23)5-7-24-13-18/h1-3,8-10,23H,4-7,11-13H2,(H,21,22). The van der Waals surface area contributed by atoms with Crippen molar-refractivity contribution in [2.24, 2.45) is 5.41 Å². The highest BCUT2D eigenvalue weighted by Crippen LogP contribution is 2.32. The monoisotopic (exact) mass is 363 g/mol. The fraction of sp³-hybridized carbons (Fsp3) is 0.444. The maximum Gasteiger partial charge on any atom is 0.234 e. The topological polar surface area (TPSA) is 76.5 Å². The zero-order valence-corrected chi connectivity index (χ0v) is 14.7. The minimum absolute atomic E-state index is 0.0475. The molecule has 0 radical (unpaired) electrons. The van der Waals surface area contributed by atoms with Crippen molar-refractivity contribution in [3.63, 3.8) is 0 Å². The van der Waals surface area contributed by atoms with E-state index in [9.17, 15) is 5.11 Å². The average Bonchev–Trinajstić information content (AvgIpc) is 3.08. The third-order valence-corrected chi connectivity index (χ3v) is 4.59. The second kappa shape index (κ2) is 8.47. The van der Waals surface area contributed by atoms with E-state index < -0.39 is 0 Å². The molecule has 1 aliphatic rings. The molecule has 1 atom stereocenters. The summed E-state index contributed by atoms with van der Waals surface area (Å²) in [6.07, 6.45) is 4.88. The lowest BCUT2D eigenvalue weighted by atomic mass is 9.84. The Hall–Kier alpha value is -1.89. The van der Waals surface area contributed by atoms with Crippen LogP contribution >= 0.6 is 11.6 Å². The van der Waals surface area contributed by atoms with Gasteiger partial charge in [-0.15, -0.1) is 0 Å². The van der Waals surface area contributed by atoms with Crippen LogP contribution in [0, 0.1) is 5.41 Å². The first-order valence-corrected chi connectivity index (χ1v) is 8.69. The van der Waals surface area contributed by atoms with Gasteiger partial charge in [-0.1, -0.05) is 23.7 Å². The van der Waals surface area contributed by atoms with Gasteiger partial charge < -0.3 is 19.9 Å². The van der Waals surface area contributed by atoms with Crippen LogP contribution in [-0.4, -0.2) is 41.4 Å². The molecule has 0 bridgehead atoms. The van der Waals surface area contributed by atoms with E-state index in [1.807, 2.05) is 24.3 Å². The van der Waals surface area contributed by atoms with Gasteiger partial charge in [-0.05, 0) is 30.5 Å². The molecule has 1 aromatic carbocycles. The Morgan fingerprint density at radius 2 is 2.28 bits per heavy atom. The lowest BCUT2D eigenvalue weighted by Crippen LogP contribution is -2.31. The highest BCUT2D eigenvalue weighted by Gasteiger charge is 2.34. The SMILES string of the molecule is OCCC1(CNc2cncc(OCc3cccc(Cl)c3)n2)CCOC1. The van der Waals surface area contributed by atoms with E-state index in [0.29, 0.717) is 42.9 Å². The molecule has 7 heteroatoms. The van der Waals surface area contributed by atoms with Crippen LogP contribution in [0.3, 0.4) is 0 Å². The van der Waals surface area contributed by atoms with Crippen LogP contribution in [0.4, 0.5) is 5.82 Å². The second-order valence-electron chi connectivity index (χ2n) is 6.29. The number of hydrogen-bond donors (Lipinski definition) is 2. The van der Waals surface area contributed by atoms with Crippen molar-refractivity contribution in [3.8, 4) is 5.88 Å². The molecule has 2 heterocycles. The summed E-state index contributed by atoms with van der Waals surface area (Å²) in [6.45, 7) is 2.59. The molecular weight excluding hydrogens is 342 g/mol. The number of halogens is 1. The van der Waals surface area contributed by atoms with E-state index in [4.69, 9.17) is 21.1 Å². The van der Waals surface area contributed by atoms with Gasteiger partial charge >= 0.3 is 0 Å². The van der Waals surface area contributed by atoms with Crippen LogP contribution in [0.15, 0.2) is 36.7 Å². The first-order chi connectivity index (χ1) is 12.2. The molecule has 0 aliphatic carbocycles. The number of hydrogen-bond acceptors (Lipinski definition) is 6. The fourth-order valence-electron chi connectivity index (χ4n) is 2.88. The quantitative estimate of drug-likeness (QED) is 0.751. The number of aliphatic hydroxyl groups is 1. The second-order valence-corrected chi connectivity index (χ2v) is 6.73. The summed E-state index contributed by atoms with van der Waals surface area (Å²) in [7, 11) is 0. The predicted octanol–water partition coefficient (Wildman–Crippen LogP) is 2.91. The molecule has 1 fully saturated rings. The number of aliphatic hydroxyl groups excluding tert-OH is 1. The van der Waals surface area contributed by atoms with Crippen LogP contribution < -0.4 is 10.1 Å². The lowest BCUT2D eigenvalue weighted by Gasteiger charge is -2.26. The highest BCUT2D eigenvalue weighted by atomic mass is 35.5. The molecule has 1 saturated heterocycles. The van der Waals surface area contributed by atoms with Crippen LogP contribution in [0.25, 0.3) is 0 Å². The molecule has 3 rings (SSSR count). The third kappa shape index (κ3) is 5.04. The molecule has 0 saturated carbocycles. The smallest absolute Gasteiger partial charge is 0.234 e. The van der Waals surface area contributed by atoms with Crippen molar-refractivity contribution in [3.05, 3.63) is 47.2 Å². The van der Waals surface area contributed by atoms with Crippen molar-refractivity contribution in [2.75, 3.05) is 31.7 Å². The van der Waals surface area contributed by atoms with Crippen LogP contribution in [0.1, 0.15) is 18.4 Å². The predicted molar refractivity (Wildman–Crippen MR) is 95.9 cm³/mol. The fourth-order valence-corrected chi connectivity index (χ4v) is 3.09. The van der Waals surface area contributed by atoms with E-state index in [-0.39, 0.29) is 12.0 Å². The minimum Gasteiger partial charge on any atom is -0.472 e. The summed E-state index contributed by atoms with van der Waals surface area (Å²) < 4.78 is 11.2.